The molecule has 2 unspecified atom stereocenters. The molecule has 21 heteroatoms. The number of carbonyl (C=O) groups excluding carboxylic acids is 2. The zero-order valence-electron chi connectivity index (χ0n) is 38.1. The van der Waals surface area contributed by atoms with Crippen LogP contribution < -0.4 is 11.4 Å². The molecule has 1 aliphatic rings. The fraction of sp³-hybridized carbons (Fsp3) is 0.682. The Balaban J connectivity index is 1.84. The first kappa shape index (κ1) is 57.8. The summed E-state index contributed by atoms with van der Waals surface area (Å²) in [5.74, 6) is -0.746. The predicted molar refractivity (Wildman–Crippen MR) is 244 cm³/mol. The number of nitrogen functional groups attached to an aromatic ring is 1. The average molecular weight is 962 g/mol. The number of ether oxygens (including phenoxy) is 3. The zero-order valence-corrected chi connectivity index (χ0v) is 39.8. The van der Waals surface area contributed by atoms with Crippen LogP contribution in [0, 0.1) is 5.92 Å². The van der Waals surface area contributed by atoms with Crippen LogP contribution in [0.2, 0.25) is 0 Å². The molecule has 2 rings (SSSR count). The lowest BCUT2D eigenvalue weighted by Gasteiger charge is -2.21. The molecular formula is C44H73N3O16P2. The Labute approximate surface area is 382 Å². The highest BCUT2D eigenvalue weighted by atomic mass is 31.3. The van der Waals surface area contributed by atoms with E-state index in [2.05, 4.69) is 53.5 Å². The van der Waals surface area contributed by atoms with Crippen molar-refractivity contribution in [3.05, 3.63) is 71.4 Å². The van der Waals surface area contributed by atoms with E-state index in [0.29, 0.717) is 25.2 Å². The molecule has 0 saturated carbocycles. The lowest BCUT2D eigenvalue weighted by molar-refractivity contribution is -0.161. The van der Waals surface area contributed by atoms with Crippen LogP contribution in [0.5, 0.6) is 0 Å². The molecule has 7 N–H and O–H groups in total. The molecule has 1 aromatic rings. The van der Waals surface area contributed by atoms with Crippen molar-refractivity contribution >= 4 is 33.4 Å². The second kappa shape index (κ2) is 32.4. The quantitative estimate of drug-likeness (QED) is 0.0172. The third-order valence-corrected chi connectivity index (χ3v) is 12.6. The summed E-state index contributed by atoms with van der Waals surface area (Å²) in [6.45, 7) is 3.95. The van der Waals surface area contributed by atoms with Crippen LogP contribution in [0.1, 0.15) is 136 Å². The number of esters is 2. The number of allylic oxidation sites excluding steroid dienone is 8. The van der Waals surface area contributed by atoms with E-state index in [9.17, 15) is 48.6 Å². The summed E-state index contributed by atoms with van der Waals surface area (Å²) in [5, 5.41) is 30.4. The Morgan fingerprint density at radius 3 is 2.03 bits per heavy atom. The van der Waals surface area contributed by atoms with Crippen LogP contribution in [0.4, 0.5) is 5.82 Å². The van der Waals surface area contributed by atoms with Crippen LogP contribution in [0.3, 0.4) is 0 Å². The summed E-state index contributed by atoms with van der Waals surface area (Å²) >= 11 is 0. The van der Waals surface area contributed by atoms with Crippen molar-refractivity contribution in [3.8, 4) is 0 Å². The number of aliphatic hydroxyl groups is 3. The van der Waals surface area contributed by atoms with Crippen LogP contribution in [-0.4, -0.2) is 96.9 Å². The van der Waals surface area contributed by atoms with Crippen molar-refractivity contribution in [1.82, 2.24) is 9.55 Å². The zero-order chi connectivity index (χ0) is 48.1. The Bertz CT molecular complexity index is 1800. The number of phosphoric ester groups is 2. The van der Waals surface area contributed by atoms with Crippen LogP contribution >= 0.6 is 15.6 Å². The van der Waals surface area contributed by atoms with Gasteiger partial charge in [0.1, 0.15) is 30.7 Å². The van der Waals surface area contributed by atoms with E-state index in [1.807, 2.05) is 25.2 Å². The van der Waals surface area contributed by atoms with Gasteiger partial charge in [0.2, 0.25) is 0 Å². The Morgan fingerprint density at radius 1 is 0.815 bits per heavy atom. The minimum atomic E-state index is -5.43. The third kappa shape index (κ3) is 26.6. The van der Waals surface area contributed by atoms with Gasteiger partial charge in [-0.1, -0.05) is 108 Å². The fourth-order valence-corrected chi connectivity index (χ4v) is 8.40. The number of aliphatic hydroxyl groups excluding tert-OH is 3. The first-order valence-corrected chi connectivity index (χ1v) is 25.6. The van der Waals surface area contributed by atoms with Gasteiger partial charge in [-0.15, -0.1) is 0 Å². The van der Waals surface area contributed by atoms with Gasteiger partial charge in [-0.2, -0.15) is 9.29 Å². The van der Waals surface area contributed by atoms with E-state index in [-0.39, 0.29) is 24.8 Å². The summed E-state index contributed by atoms with van der Waals surface area (Å²) < 4.78 is 56.4. The van der Waals surface area contributed by atoms with Gasteiger partial charge in [-0.05, 0) is 69.8 Å². The second-order valence-corrected chi connectivity index (χ2v) is 19.2. The number of nitrogens with two attached hydrogens (primary N) is 1. The van der Waals surface area contributed by atoms with E-state index in [4.69, 9.17) is 29.0 Å². The third-order valence-electron chi connectivity index (χ3n) is 10.0. The van der Waals surface area contributed by atoms with Gasteiger partial charge in [0.15, 0.2) is 12.3 Å². The molecule has 1 saturated heterocycles. The molecule has 65 heavy (non-hydrogen) atoms. The molecule has 0 spiro atoms. The highest BCUT2D eigenvalue weighted by Gasteiger charge is 2.46. The summed E-state index contributed by atoms with van der Waals surface area (Å²) in [7, 11) is -10.9. The number of anilines is 1. The Morgan fingerprint density at radius 2 is 1.40 bits per heavy atom. The van der Waals surface area contributed by atoms with Gasteiger partial charge in [0, 0.05) is 19.0 Å². The normalized spacial score (nSPS) is 20.8. The molecule has 0 amide bonds. The first-order chi connectivity index (χ1) is 30.9. The predicted octanol–water partition coefficient (Wildman–Crippen LogP) is 7.04. The minimum absolute atomic E-state index is 0.0274. The van der Waals surface area contributed by atoms with Crippen molar-refractivity contribution in [1.29, 1.82) is 0 Å². The monoisotopic (exact) mass is 961 g/mol. The van der Waals surface area contributed by atoms with Crippen molar-refractivity contribution in [3.63, 3.8) is 0 Å². The van der Waals surface area contributed by atoms with Gasteiger partial charge < -0.3 is 45.1 Å². The lowest BCUT2D eigenvalue weighted by Crippen LogP contribution is -2.36. The number of hydrogen-bond donors (Lipinski definition) is 6. The molecule has 8 atom stereocenters. The fourth-order valence-electron chi connectivity index (χ4n) is 6.29. The smallest absolute Gasteiger partial charge is 0.462 e. The van der Waals surface area contributed by atoms with E-state index in [0.717, 1.165) is 87.8 Å². The number of phosphoric acid groups is 2. The molecule has 0 radical (unpaired) electrons. The second-order valence-electron chi connectivity index (χ2n) is 16.2. The average Bonchev–Trinajstić information content (AvgIpc) is 3.52. The molecule has 1 aromatic heterocycles. The van der Waals surface area contributed by atoms with Gasteiger partial charge in [-0.3, -0.25) is 23.2 Å². The summed E-state index contributed by atoms with van der Waals surface area (Å²) in [6, 6.07) is 1.24. The Kier molecular flexibility index (Phi) is 28.8. The minimum Gasteiger partial charge on any atom is -0.462 e. The molecule has 19 nitrogen and oxygen atoms in total. The van der Waals surface area contributed by atoms with Gasteiger partial charge >= 0.3 is 33.3 Å². The number of carbonyl (C=O) groups is 2. The number of unbranched alkanes of at least 4 members (excludes halogenated alkanes) is 6. The first-order valence-electron chi connectivity index (χ1n) is 22.6. The van der Waals surface area contributed by atoms with E-state index >= 15 is 0 Å². The van der Waals surface area contributed by atoms with E-state index in [1.54, 1.807) is 0 Å². The summed E-state index contributed by atoms with van der Waals surface area (Å²) in [6.07, 6.45) is 22.1. The van der Waals surface area contributed by atoms with E-state index < -0.39 is 83.7 Å². The van der Waals surface area contributed by atoms with Gasteiger partial charge in [-0.25, -0.2) is 13.9 Å². The summed E-state index contributed by atoms with van der Waals surface area (Å²) in [4.78, 5) is 61.5. The molecule has 1 fully saturated rings. The molecule has 1 aliphatic heterocycles. The molecule has 370 valence electrons. The van der Waals surface area contributed by atoms with Gasteiger partial charge in [0.05, 0.1) is 19.3 Å². The van der Waals surface area contributed by atoms with Crippen molar-refractivity contribution < 1.29 is 71.4 Å². The number of rotatable bonds is 35. The lowest BCUT2D eigenvalue weighted by atomic mass is 10.0. The SMILES string of the molecule is CC[C@H](O)CC/C=C\C/C=C\C/C=C\C/C=C\CCCC(=O)OC[C@H](COP(=O)(O)OP(=O)(O)OC[C@H]1O[C@@H](n2ccc(N)nc2=O)[C@H](O)[C@@H]1O)OC(=O)CCCCCCCCC(C)C. The van der Waals surface area contributed by atoms with Crippen LogP contribution in [-0.2, 0) is 46.3 Å². The highest BCUT2D eigenvalue weighted by Crippen LogP contribution is 2.60. The number of aromatic nitrogens is 2. The molecule has 0 bridgehead atoms. The topological polar surface area (TPSA) is 286 Å². The molecule has 0 aromatic carbocycles. The molecule has 0 aliphatic carbocycles. The maximum Gasteiger partial charge on any atom is 0.481 e. The van der Waals surface area contributed by atoms with E-state index in [1.165, 1.54) is 6.07 Å². The van der Waals surface area contributed by atoms with Crippen molar-refractivity contribution in [2.24, 2.45) is 5.92 Å². The van der Waals surface area contributed by atoms with Gasteiger partial charge in [0.25, 0.3) is 0 Å². The Hall–Kier alpha value is -3.32. The van der Waals surface area contributed by atoms with Crippen LogP contribution in [0.15, 0.2) is 65.7 Å². The highest BCUT2D eigenvalue weighted by molar-refractivity contribution is 7.61. The van der Waals surface area contributed by atoms with Crippen molar-refractivity contribution in [2.75, 3.05) is 25.6 Å². The number of hydrogen-bond acceptors (Lipinski definition) is 16. The maximum absolute atomic E-state index is 12.8. The largest absolute Gasteiger partial charge is 0.481 e. The molecular weight excluding hydrogens is 888 g/mol. The standard InChI is InChI=1S/C44H73N3O16P2/c1-4-35(48)26-22-18-13-11-9-7-5-6-8-10-12-14-19-23-27-39(49)58-31-36(61-40(50)28-24-20-16-15-17-21-25-34(2)3)32-59-64(54,55)63-65(56,57)60-33-37-41(51)42(52)43(62-37)47-30-29-38(45)46-44(47)53/h6-9,12-14,18,29-30,34-37,41-43,48,51-52H,4-5,10-11,15-17,19-28,31-33H2,1-3H3,(H,54,55)(H,56,57)(H2,45,46,53)/b8-6-,9-7-,14-12-,18-13-/t35-,36+,37+,41+,42+,43+/m0/s1. The van der Waals surface area contributed by atoms with Crippen molar-refractivity contribution in [2.45, 2.75) is 167 Å². The van der Waals surface area contributed by atoms with Crippen LogP contribution in [0.25, 0.3) is 0 Å². The summed E-state index contributed by atoms with van der Waals surface area (Å²) in [5.41, 5.74) is 4.56. The maximum atomic E-state index is 12.8. The molecule has 2 heterocycles. The number of nitrogens with zero attached hydrogens (tertiary/aromatic N) is 2.